The molecule has 160 valence electrons. The molecule has 3 N–H and O–H groups in total. The highest BCUT2D eigenvalue weighted by Gasteiger charge is 2.20. The van der Waals surface area contributed by atoms with E-state index in [0.29, 0.717) is 30.4 Å². The number of amides is 1. The molecule has 0 bridgehead atoms. The van der Waals surface area contributed by atoms with Gasteiger partial charge in [0.25, 0.3) is 0 Å². The maximum Gasteiger partial charge on any atom is 0.412 e. The number of aromatic nitrogens is 1. The van der Waals surface area contributed by atoms with E-state index in [1.165, 1.54) is 20.2 Å². The molecule has 1 fully saturated rings. The Balaban J connectivity index is 0.00000210. The van der Waals surface area contributed by atoms with Gasteiger partial charge in [-0.25, -0.2) is 14.2 Å². The number of hydrogen-bond acceptors (Lipinski definition) is 6. The minimum atomic E-state index is -0.543. The van der Waals surface area contributed by atoms with Crippen molar-refractivity contribution in [2.45, 2.75) is 6.54 Å². The maximum atomic E-state index is 13.9. The Bertz CT molecular complexity index is 804. The van der Waals surface area contributed by atoms with E-state index >= 15 is 0 Å². The largest absolute Gasteiger partial charge is 0.493 e. The highest BCUT2D eigenvalue weighted by Crippen LogP contribution is 2.29. The zero-order chi connectivity index (χ0) is 19.2. The number of halogens is 2. The second kappa shape index (κ2) is 11.4. The van der Waals surface area contributed by atoms with E-state index in [2.05, 4.69) is 15.2 Å². The normalized spacial score (nSPS) is 13.7. The number of piperazine rings is 1. The van der Waals surface area contributed by atoms with E-state index < -0.39 is 6.09 Å². The van der Waals surface area contributed by atoms with E-state index in [1.807, 2.05) is 17.0 Å². The van der Waals surface area contributed by atoms with E-state index in [1.54, 1.807) is 18.3 Å². The van der Waals surface area contributed by atoms with Crippen LogP contribution in [0.15, 0.2) is 36.5 Å². The second-order valence-electron chi connectivity index (χ2n) is 6.20. The van der Waals surface area contributed by atoms with Crippen LogP contribution in [-0.4, -0.2) is 61.8 Å². The predicted molar refractivity (Wildman–Crippen MR) is 111 cm³/mol. The Morgan fingerprint density at radius 2 is 1.93 bits per heavy atom. The summed E-state index contributed by atoms with van der Waals surface area (Å²) in [7, 11) is 3.04. The molecule has 29 heavy (non-hydrogen) atoms. The van der Waals surface area contributed by atoms with E-state index in [9.17, 15) is 9.18 Å². The van der Waals surface area contributed by atoms with Gasteiger partial charge in [0.05, 0.1) is 7.11 Å². The number of carbonyl (C=O) groups is 1. The molecule has 2 heterocycles. The SMILES string of the molecule is CNC(=O)Oc1ccc(CN2CCN(c3ncccc3F)CC2)cc1OC.Cl.O. The standard InChI is InChI=1S/C19H23FN4O3.ClH.H2O/c1-21-19(25)27-16-6-5-14(12-17(16)26-2)13-23-8-10-24(11-9-23)18-15(20)4-3-7-22-18;;/h3-7,12H,8-11,13H2,1-2H3,(H,21,25);1H;1H2. The van der Waals surface area contributed by atoms with Gasteiger partial charge >= 0.3 is 6.09 Å². The summed E-state index contributed by atoms with van der Waals surface area (Å²) in [5, 5.41) is 2.41. The van der Waals surface area contributed by atoms with Gasteiger partial charge < -0.3 is 25.2 Å². The van der Waals surface area contributed by atoms with Gasteiger partial charge in [-0.3, -0.25) is 4.90 Å². The lowest BCUT2D eigenvalue weighted by Crippen LogP contribution is -2.46. The number of hydrogen-bond donors (Lipinski definition) is 1. The van der Waals surface area contributed by atoms with Crippen molar-refractivity contribution in [3.8, 4) is 11.5 Å². The van der Waals surface area contributed by atoms with Crippen LogP contribution in [0.25, 0.3) is 0 Å². The first-order valence-electron chi connectivity index (χ1n) is 8.75. The lowest BCUT2D eigenvalue weighted by Gasteiger charge is -2.35. The van der Waals surface area contributed by atoms with Crippen LogP contribution in [0.3, 0.4) is 0 Å². The summed E-state index contributed by atoms with van der Waals surface area (Å²) >= 11 is 0. The Morgan fingerprint density at radius 1 is 1.21 bits per heavy atom. The zero-order valence-corrected chi connectivity index (χ0v) is 17.2. The molecular formula is C19H26ClFN4O4. The van der Waals surface area contributed by atoms with Gasteiger partial charge in [-0.1, -0.05) is 6.07 Å². The highest BCUT2D eigenvalue weighted by molar-refractivity contribution is 5.85. The van der Waals surface area contributed by atoms with Crippen molar-refractivity contribution in [2.24, 2.45) is 0 Å². The number of carbonyl (C=O) groups excluding carboxylic acids is 1. The highest BCUT2D eigenvalue weighted by atomic mass is 35.5. The number of methoxy groups -OCH3 is 1. The van der Waals surface area contributed by atoms with Crippen LogP contribution in [0, 0.1) is 5.82 Å². The molecule has 1 amide bonds. The zero-order valence-electron chi connectivity index (χ0n) is 16.4. The molecule has 1 aliphatic heterocycles. The van der Waals surface area contributed by atoms with Gasteiger partial charge in [0.1, 0.15) is 0 Å². The summed E-state index contributed by atoms with van der Waals surface area (Å²) in [5.74, 6) is 0.998. The molecule has 1 aromatic heterocycles. The van der Waals surface area contributed by atoms with E-state index in [0.717, 1.165) is 25.2 Å². The summed E-state index contributed by atoms with van der Waals surface area (Å²) in [4.78, 5) is 19.8. The number of benzene rings is 1. The van der Waals surface area contributed by atoms with Crippen LogP contribution < -0.4 is 19.7 Å². The number of nitrogens with zero attached hydrogens (tertiary/aromatic N) is 3. The predicted octanol–water partition coefficient (Wildman–Crippen LogP) is 1.87. The molecule has 0 atom stereocenters. The molecule has 0 saturated carbocycles. The lowest BCUT2D eigenvalue weighted by atomic mass is 10.1. The third kappa shape index (κ3) is 6.18. The average Bonchev–Trinajstić information content (AvgIpc) is 2.70. The minimum absolute atomic E-state index is 0. The van der Waals surface area contributed by atoms with Crippen LogP contribution in [0.5, 0.6) is 11.5 Å². The fourth-order valence-corrected chi connectivity index (χ4v) is 3.03. The first kappa shape index (κ1) is 24.4. The summed E-state index contributed by atoms with van der Waals surface area (Å²) in [6.07, 6.45) is 1.07. The maximum absolute atomic E-state index is 13.9. The van der Waals surface area contributed by atoms with Crippen molar-refractivity contribution < 1.29 is 24.1 Å². The fourth-order valence-electron chi connectivity index (χ4n) is 3.03. The van der Waals surface area contributed by atoms with Crippen LogP contribution in [0.4, 0.5) is 15.0 Å². The molecule has 2 aromatic rings. The van der Waals surface area contributed by atoms with Crippen LogP contribution in [0.2, 0.25) is 0 Å². The van der Waals surface area contributed by atoms with Gasteiger partial charge in [-0.2, -0.15) is 0 Å². The molecule has 1 aliphatic rings. The lowest BCUT2D eigenvalue weighted by molar-refractivity contribution is 0.200. The average molecular weight is 429 g/mol. The molecule has 10 heteroatoms. The fraction of sp³-hybridized carbons (Fsp3) is 0.368. The number of rotatable bonds is 5. The molecule has 0 unspecified atom stereocenters. The van der Waals surface area contributed by atoms with Gasteiger partial charge in [0.2, 0.25) is 0 Å². The Morgan fingerprint density at radius 3 is 2.55 bits per heavy atom. The first-order chi connectivity index (χ1) is 13.1. The van der Waals surface area contributed by atoms with Crippen molar-refractivity contribution >= 4 is 24.3 Å². The number of ether oxygens (including phenoxy) is 2. The third-order valence-electron chi connectivity index (χ3n) is 4.45. The molecule has 1 saturated heterocycles. The Hall–Kier alpha value is -2.62. The topological polar surface area (TPSA) is 98.4 Å². The number of pyridine rings is 1. The molecule has 0 aliphatic carbocycles. The summed E-state index contributed by atoms with van der Waals surface area (Å²) < 4.78 is 24.4. The monoisotopic (exact) mass is 428 g/mol. The minimum Gasteiger partial charge on any atom is -0.493 e. The summed E-state index contributed by atoms with van der Waals surface area (Å²) in [6, 6.07) is 8.53. The smallest absolute Gasteiger partial charge is 0.412 e. The van der Waals surface area contributed by atoms with Crippen molar-refractivity contribution in [3.05, 3.63) is 47.9 Å². The van der Waals surface area contributed by atoms with Crippen molar-refractivity contribution in [1.29, 1.82) is 0 Å². The Kier molecular flexibility index (Phi) is 9.60. The van der Waals surface area contributed by atoms with Crippen LogP contribution in [0.1, 0.15) is 5.56 Å². The molecule has 0 spiro atoms. The number of anilines is 1. The molecule has 3 rings (SSSR count). The molecule has 8 nitrogen and oxygen atoms in total. The number of nitrogens with one attached hydrogen (secondary N) is 1. The van der Waals surface area contributed by atoms with Crippen LogP contribution in [-0.2, 0) is 6.54 Å². The van der Waals surface area contributed by atoms with Gasteiger partial charge in [0, 0.05) is 46.0 Å². The summed E-state index contributed by atoms with van der Waals surface area (Å²) in [6.45, 7) is 3.75. The van der Waals surface area contributed by atoms with Crippen molar-refractivity contribution in [3.63, 3.8) is 0 Å². The van der Waals surface area contributed by atoms with Gasteiger partial charge in [0.15, 0.2) is 23.1 Å². The summed E-state index contributed by atoms with van der Waals surface area (Å²) in [5.41, 5.74) is 1.05. The molecule has 0 radical (unpaired) electrons. The van der Waals surface area contributed by atoms with Gasteiger partial charge in [-0.15, -0.1) is 12.4 Å². The van der Waals surface area contributed by atoms with E-state index in [-0.39, 0.29) is 23.7 Å². The van der Waals surface area contributed by atoms with Gasteiger partial charge in [-0.05, 0) is 29.8 Å². The van der Waals surface area contributed by atoms with Crippen LogP contribution >= 0.6 is 12.4 Å². The quantitative estimate of drug-likeness (QED) is 0.780. The second-order valence-corrected chi connectivity index (χ2v) is 6.20. The van der Waals surface area contributed by atoms with E-state index in [4.69, 9.17) is 9.47 Å². The van der Waals surface area contributed by atoms with Crippen molar-refractivity contribution in [2.75, 3.05) is 45.2 Å². The first-order valence-corrected chi connectivity index (χ1v) is 8.75. The molecular weight excluding hydrogens is 403 g/mol. The third-order valence-corrected chi connectivity index (χ3v) is 4.45. The molecule has 1 aromatic carbocycles. The Labute approximate surface area is 175 Å². The van der Waals surface area contributed by atoms with Crippen molar-refractivity contribution in [1.82, 2.24) is 15.2 Å².